The van der Waals surface area contributed by atoms with Crippen molar-refractivity contribution in [3.63, 3.8) is 0 Å². The zero-order valence-electron chi connectivity index (χ0n) is 19.0. The predicted octanol–water partition coefficient (Wildman–Crippen LogP) is 4.90. The largest absolute Gasteiger partial charge is 0.420 e. The van der Waals surface area contributed by atoms with Gasteiger partial charge in [0.2, 0.25) is 23.4 Å². The van der Waals surface area contributed by atoms with E-state index in [4.69, 9.17) is 4.42 Å². The van der Waals surface area contributed by atoms with Crippen molar-refractivity contribution in [2.24, 2.45) is 0 Å². The molecular formula is C28H23FN4O2. The molecule has 1 saturated heterocycles. The molecule has 3 aromatic carbocycles. The van der Waals surface area contributed by atoms with Crippen LogP contribution in [0.3, 0.4) is 0 Å². The Balaban J connectivity index is 1.24. The van der Waals surface area contributed by atoms with Crippen molar-refractivity contribution >= 4 is 34.7 Å². The molecule has 0 spiro atoms. The van der Waals surface area contributed by atoms with Gasteiger partial charge in [-0.1, -0.05) is 54.6 Å². The number of hydrogen-bond donors (Lipinski definition) is 0. The molecule has 0 unspecified atom stereocenters. The average molecular weight is 467 g/mol. The summed E-state index contributed by atoms with van der Waals surface area (Å²) in [6.45, 7) is 2.17. The van der Waals surface area contributed by atoms with E-state index in [9.17, 15) is 14.4 Å². The van der Waals surface area contributed by atoms with E-state index in [-0.39, 0.29) is 17.4 Å². The summed E-state index contributed by atoms with van der Waals surface area (Å²) in [7, 11) is 0. The lowest BCUT2D eigenvalue weighted by Gasteiger charge is -2.34. The van der Waals surface area contributed by atoms with Gasteiger partial charge in [0.1, 0.15) is 11.9 Å². The summed E-state index contributed by atoms with van der Waals surface area (Å²) in [5, 5.41) is 11.8. The van der Waals surface area contributed by atoms with Crippen LogP contribution >= 0.6 is 0 Å². The monoisotopic (exact) mass is 466 g/mol. The van der Waals surface area contributed by atoms with Crippen LogP contribution in [0.15, 0.2) is 71.1 Å². The number of nitrogens with zero attached hydrogens (tertiary/aromatic N) is 4. The summed E-state index contributed by atoms with van der Waals surface area (Å²) in [6, 6.07) is 22.3. The fourth-order valence-corrected chi connectivity index (χ4v) is 4.31. The summed E-state index contributed by atoms with van der Waals surface area (Å²) in [5.41, 5.74) is 2.03. The molecule has 0 saturated carbocycles. The number of amides is 1. The number of carbonyl (C=O) groups excluding carboxylic acids is 1. The molecule has 35 heavy (non-hydrogen) atoms. The number of aromatic nitrogens is 1. The molecule has 4 aromatic rings. The third kappa shape index (κ3) is 4.92. The Morgan fingerprint density at radius 1 is 1.00 bits per heavy atom. The Kier molecular flexibility index (Phi) is 6.27. The minimum atomic E-state index is -0.304. The van der Waals surface area contributed by atoms with Crippen LogP contribution in [-0.2, 0) is 11.2 Å². The Bertz CT molecular complexity index is 1420. The van der Waals surface area contributed by atoms with Crippen LogP contribution in [0.5, 0.6) is 0 Å². The third-order valence-electron chi connectivity index (χ3n) is 6.16. The Labute approximate surface area is 202 Å². The van der Waals surface area contributed by atoms with E-state index < -0.39 is 0 Å². The molecule has 1 amide bonds. The van der Waals surface area contributed by atoms with Gasteiger partial charge in [-0.05, 0) is 40.1 Å². The number of benzene rings is 3. The quantitative estimate of drug-likeness (QED) is 0.418. The molecule has 0 N–H and O–H groups in total. The second-order valence-corrected chi connectivity index (χ2v) is 8.39. The highest BCUT2D eigenvalue weighted by molar-refractivity contribution is 5.90. The number of halogens is 1. The lowest BCUT2D eigenvalue weighted by molar-refractivity contribution is -0.130. The molecule has 0 bridgehead atoms. The first kappa shape index (κ1) is 22.4. The van der Waals surface area contributed by atoms with Crippen LogP contribution in [0.25, 0.3) is 22.9 Å². The highest BCUT2D eigenvalue weighted by Crippen LogP contribution is 2.25. The second-order valence-electron chi connectivity index (χ2n) is 8.39. The molecule has 1 aromatic heterocycles. The van der Waals surface area contributed by atoms with Crippen molar-refractivity contribution in [2.45, 2.75) is 6.42 Å². The first-order valence-electron chi connectivity index (χ1n) is 11.4. The van der Waals surface area contributed by atoms with Crippen molar-refractivity contribution in [1.82, 2.24) is 9.88 Å². The number of anilines is 1. The van der Waals surface area contributed by atoms with Gasteiger partial charge in [0, 0.05) is 32.3 Å². The van der Waals surface area contributed by atoms with E-state index in [0.29, 0.717) is 44.4 Å². The summed E-state index contributed by atoms with van der Waals surface area (Å²) in [4.78, 5) is 21.1. The van der Waals surface area contributed by atoms with Crippen LogP contribution in [0.1, 0.15) is 22.7 Å². The van der Waals surface area contributed by atoms with Crippen LogP contribution in [0.2, 0.25) is 0 Å². The van der Waals surface area contributed by atoms with Gasteiger partial charge in [-0.15, -0.1) is 0 Å². The van der Waals surface area contributed by atoms with E-state index in [1.54, 1.807) is 24.3 Å². The van der Waals surface area contributed by atoms with Gasteiger partial charge in [0.05, 0.1) is 6.42 Å². The maximum atomic E-state index is 13.1. The van der Waals surface area contributed by atoms with Crippen molar-refractivity contribution in [3.8, 4) is 6.07 Å². The topological polar surface area (TPSA) is 73.4 Å². The number of hydrogen-bond acceptors (Lipinski definition) is 5. The maximum Gasteiger partial charge on any atom is 0.235 e. The van der Waals surface area contributed by atoms with Crippen LogP contribution in [-0.4, -0.2) is 42.0 Å². The van der Waals surface area contributed by atoms with Crippen molar-refractivity contribution in [2.75, 3.05) is 31.1 Å². The normalized spacial score (nSPS) is 13.9. The Hall–Kier alpha value is -4.44. The van der Waals surface area contributed by atoms with Gasteiger partial charge in [0.25, 0.3) is 0 Å². The molecule has 0 aliphatic carbocycles. The van der Waals surface area contributed by atoms with E-state index in [0.717, 1.165) is 21.9 Å². The number of carbonyl (C=O) groups is 1. The number of nitriles is 1. The van der Waals surface area contributed by atoms with Crippen LogP contribution in [0, 0.1) is 17.1 Å². The molecule has 1 fully saturated rings. The first-order chi connectivity index (χ1) is 17.1. The van der Waals surface area contributed by atoms with E-state index in [2.05, 4.69) is 23.2 Å². The zero-order chi connectivity index (χ0) is 24.2. The molecule has 6 nitrogen and oxygen atoms in total. The minimum Gasteiger partial charge on any atom is -0.420 e. The second kappa shape index (κ2) is 9.82. The van der Waals surface area contributed by atoms with E-state index in [1.165, 1.54) is 12.1 Å². The lowest BCUT2D eigenvalue weighted by atomic mass is 10.0. The van der Waals surface area contributed by atoms with E-state index >= 15 is 0 Å². The lowest BCUT2D eigenvalue weighted by Crippen LogP contribution is -2.49. The number of oxazole rings is 1. The smallest absolute Gasteiger partial charge is 0.235 e. The minimum absolute atomic E-state index is 0.0852. The highest BCUT2D eigenvalue weighted by atomic mass is 19.1. The molecule has 0 radical (unpaired) electrons. The Morgan fingerprint density at radius 2 is 1.74 bits per heavy atom. The Morgan fingerprint density at radius 3 is 2.51 bits per heavy atom. The fraction of sp³-hybridized carbons (Fsp3) is 0.179. The zero-order valence-corrected chi connectivity index (χ0v) is 19.0. The molecular weight excluding hydrogens is 443 g/mol. The average Bonchev–Trinajstić information content (AvgIpc) is 3.32. The molecule has 7 heteroatoms. The molecule has 2 heterocycles. The molecule has 1 aliphatic rings. The molecule has 0 atom stereocenters. The summed E-state index contributed by atoms with van der Waals surface area (Å²) >= 11 is 0. The van der Waals surface area contributed by atoms with Crippen molar-refractivity contribution < 1.29 is 13.6 Å². The standard InChI is InChI=1S/C28H23FN4O2/c29-23-11-8-20(9-12-23)10-13-26-31-25(19-30)28(35-26)33-16-14-32(15-17-33)27(34)18-22-6-3-5-21-4-1-2-7-24(21)22/h1-13H,14-18H2. The van der Waals surface area contributed by atoms with Crippen LogP contribution < -0.4 is 4.90 Å². The van der Waals surface area contributed by atoms with Crippen molar-refractivity contribution in [1.29, 1.82) is 5.26 Å². The van der Waals surface area contributed by atoms with Gasteiger partial charge in [-0.25, -0.2) is 4.39 Å². The first-order valence-corrected chi connectivity index (χ1v) is 11.4. The summed E-state index contributed by atoms with van der Waals surface area (Å²) < 4.78 is 18.9. The van der Waals surface area contributed by atoms with Gasteiger partial charge >= 0.3 is 0 Å². The fourth-order valence-electron chi connectivity index (χ4n) is 4.31. The molecule has 1 aliphatic heterocycles. The highest BCUT2D eigenvalue weighted by Gasteiger charge is 2.26. The number of piperazine rings is 1. The molecule has 5 rings (SSSR count). The number of fused-ring (bicyclic) bond motifs is 1. The third-order valence-corrected chi connectivity index (χ3v) is 6.16. The van der Waals surface area contributed by atoms with Gasteiger partial charge in [0.15, 0.2) is 0 Å². The summed E-state index contributed by atoms with van der Waals surface area (Å²) in [6.07, 6.45) is 3.76. The predicted molar refractivity (Wildman–Crippen MR) is 133 cm³/mol. The number of rotatable bonds is 5. The molecule has 174 valence electrons. The van der Waals surface area contributed by atoms with Crippen LogP contribution in [0.4, 0.5) is 10.3 Å². The van der Waals surface area contributed by atoms with Gasteiger partial charge in [-0.2, -0.15) is 10.2 Å². The van der Waals surface area contributed by atoms with Gasteiger partial charge in [-0.3, -0.25) is 4.79 Å². The maximum absolute atomic E-state index is 13.1. The summed E-state index contributed by atoms with van der Waals surface area (Å²) in [5.74, 6) is 0.492. The van der Waals surface area contributed by atoms with Gasteiger partial charge < -0.3 is 14.2 Å². The SMILES string of the molecule is N#Cc1nc(C=Cc2ccc(F)cc2)oc1N1CCN(C(=O)Cc2cccc3ccccc23)CC1. The van der Waals surface area contributed by atoms with Crippen molar-refractivity contribution in [3.05, 3.63) is 95.3 Å². The van der Waals surface area contributed by atoms with E-state index in [1.807, 2.05) is 40.1 Å².